The Morgan fingerprint density at radius 3 is 2.79 bits per heavy atom. The van der Waals surface area contributed by atoms with Crippen LogP contribution in [0.2, 0.25) is 0 Å². The van der Waals surface area contributed by atoms with Gasteiger partial charge < -0.3 is 20.8 Å². The predicted molar refractivity (Wildman–Crippen MR) is 111 cm³/mol. The van der Waals surface area contributed by atoms with Crippen molar-refractivity contribution >= 4 is 63.3 Å². The molecule has 3 N–H and O–H groups in total. The maximum Gasteiger partial charge on any atom is 0.276 e. The molecule has 1 aromatic heterocycles. The van der Waals surface area contributed by atoms with E-state index in [1.165, 1.54) is 18.9 Å². The van der Waals surface area contributed by atoms with E-state index in [9.17, 15) is 14.4 Å². The van der Waals surface area contributed by atoms with Gasteiger partial charge in [-0.15, -0.1) is 22.9 Å². The first kappa shape index (κ1) is 21.1. The highest BCUT2D eigenvalue weighted by molar-refractivity contribution is 8.00. The van der Waals surface area contributed by atoms with Crippen molar-refractivity contribution in [2.75, 3.05) is 18.3 Å². The fourth-order valence-corrected chi connectivity index (χ4v) is 4.23. The van der Waals surface area contributed by atoms with Crippen LogP contribution in [0.4, 0.5) is 5.13 Å². The molecule has 9 nitrogen and oxygen atoms in total. The highest BCUT2D eigenvalue weighted by atomic mass is 35.5. The summed E-state index contributed by atoms with van der Waals surface area (Å²) in [5.74, 6) is -1.55. The Morgan fingerprint density at radius 2 is 2.14 bits per heavy atom. The fourth-order valence-electron chi connectivity index (χ4n) is 2.34. The molecule has 0 saturated carbocycles. The summed E-state index contributed by atoms with van der Waals surface area (Å²) in [7, 11) is 1.29. The first-order chi connectivity index (χ1) is 14.0. The minimum absolute atomic E-state index is 0.113. The van der Waals surface area contributed by atoms with E-state index in [1.807, 2.05) is 30.3 Å². The molecule has 2 heterocycles. The van der Waals surface area contributed by atoms with Crippen LogP contribution in [-0.2, 0) is 19.2 Å². The zero-order chi connectivity index (χ0) is 20.8. The molecule has 12 heteroatoms. The third-order valence-corrected chi connectivity index (χ3v) is 5.86. The van der Waals surface area contributed by atoms with Gasteiger partial charge in [0, 0.05) is 10.3 Å². The van der Waals surface area contributed by atoms with Gasteiger partial charge in [0.25, 0.3) is 5.91 Å². The number of hydrogen-bond donors (Lipinski definition) is 3. The zero-order valence-electron chi connectivity index (χ0n) is 15.0. The van der Waals surface area contributed by atoms with Gasteiger partial charge in [-0.2, -0.15) is 0 Å². The van der Waals surface area contributed by atoms with Crippen molar-refractivity contribution in [3.05, 3.63) is 41.4 Å². The summed E-state index contributed by atoms with van der Waals surface area (Å²) in [5, 5.41) is 13.1. The predicted octanol–water partition coefficient (Wildman–Crippen LogP) is 1.40. The summed E-state index contributed by atoms with van der Waals surface area (Å²) in [6.07, 6.45) is 0. The number of thiazole rings is 1. The molecule has 3 rings (SSSR count). The molecule has 1 aromatic carbocycles. The lowest BCUT2D eigenvalue weighted by atomic mass is 10.1. The Hall–Kier alpha value is -2.63. The van der Waals surface area contributed by atoms with Crippen LogP contribution in [0.5, 0.6) is 0 Å². The van der Waals surface area contributed by atoms with Gasteiger partial charge in [-0.1, -0.05) is 35.1 Å². The lowest BCUT2D eigenvalue weighted by molar-refractivity contribution is -0.132. The zero-order valence-corrected chi connectivity index (χ0v) is 17.4. The van der Waals surface area contributed by atoms with Crippen LogP contribution in [-0.4, -0.2) is 52.8 Å². The second-order valence-corrected chi connectivity index (χ2v) is 7.99. The lowest BCUT2D eigenvalue weighted by Crippen LogP contribution is -2.68. The SMILES string of the molecule is CO/N=C(\C(=O)N[C@@H]1C(=O)N[C@H]1Sc1ccccc1)c1csc(NC(=O)CCl)n1. The van der Waals surface area contributed by atoms with Crippen LogP contribution in [0.1, 0.15) is 5.69 Å². The summed E-state index contributed by atoms with van der Waals surface area (Å²) >= 11 is 7.99. The van der Waals surface area contributed by atoms with E-state index in [2.05, 4.69) is 26.1 Å². The lowest BCUT2D eigenvalue weighted by Gasteiger charge is -2.36. The summed E-state index contributed by atoms with van der Waals surface area (Å²) in [6, 6.07) is 8.78. The van der Waals surface area contributed by atoms with Gasteiger partial charge in [0.2, 0.25) is 11.8 Å². The number of nitrogens with one attached hydrogen (secondary N) is 3. The molecular formula is C17H16ClN5O4S2. The van der Waals surface area contributed by atoms with Crippen LogP contribution >= 0.6 is 34.7 Å². The number of thioether (sulfide) groups is 1. The second kappa shape index (κ2) is 9.72. The van der Waals surface area contributed by atoms with Crippen molar-refractivity contribution in [3.63, 3.8) is 0 Å². The standard InChI is InChI=1S/C17H16ClN5O4S2/c1-27-23-12(10-8-28-17(19-10)20-11(24)7-18)14(25)21-13-15(26)22-16(13)29-9-5-3-2-4-6-9/h2-6,8,13,16H,7H2,1H3,(H,21,25)(H,22,26)(H,19,20,24)/b23-12-/t13-,16+/m1/s1. The number of nitrogens with zero attached hydrogens (tertiary/aromatic N) is 2. The third kappa shape index (κ3) is 5.25. The summed E-state index contributed by atoms with van der Waals surface area (Å²) in [5.41, 5.74) is 0.0875. The molecule has 0 spiro atoms. The van der Waals surface area contributed by atoms with Crippen molar-refractivity contribution < 1.29 is 19.2 Å². The Bertz CT molecular complexity index is 937. The molecule has 1 saturated heterocycles. The van der Waals surface area contributed by atoms with Gasteiger partial charge >= 0.3 is 0 Å². The number of rotatable bonds is 8. The van der Waals surface area contributed by atoms with E-state index in [0.717, 1.165) is 16.2 Å². The second-order valence-electron chi connectivity index (χ2n) is 5.65. The maximum atomic E-state index is 12.7. The first-order valence-electron chi connectivity index (χ1n) is 8.27. The number of halogens is 1. The number of benzene rings is 1. The van der Waals surface area contributed by atoms with E-state index in [0.29, 0.717) is 0 Å². The summed E-state index contributed by atoms with van der Waals surface area (Å²) in [6.45, 7) is 0. The smallest absolute Gasteiger partial charge is 0.276 e. The normalized spacial score (nSPS) is 18.4. The number of aromatic nitrogens is 1. The number of carbonyl (C=O) groups excluding carboxylic acids is 3. The quantitative estimate of drug-likeness (QED) is 0.240. The van der Waals surface area contributed by atoms with Gasteiger partial charge in [0.1, 0.15) is 30.1 Å². The highest BCUT2D eigenvalue weighted by Gasteiger charge is 2.42. The number of oxime groups is 1. The van der Waals surface area contributed by atoms with Crippen LogP contribution in [0.15, 0.2) is 45.8 Å². The molecule has 0 bridgehead atoms. The number of amides is 3. The van der Waals surface area contributed by atoms with Crippen molar-refractivity contribution in [2.45, 2.75) is 16.3 Å². The van der Waals surface area contributed by atoms with Gasteiger partial charge in [0.15, 0.2) is 10.8 Å². The minimum Gasteiger partial charge on any atom is -0.398 e. The monoisotopic (exact) mass is 453 g/mol. The van der Waals surface area contributed by atoms with E-state index in [-0.39, 0.29) is 33.7 Å². The van der Waals surface area contributed by atoms with Crippen molar-refractivity contribution in [1.29, 1.82) is 0 Å². The highest BCUT2D eigenvalue weighted by Crippen LogP contribution is 2.28. The Balaban J connectivity index is 1.68. The average Bonchev–Trinajstić information content (AvgIpc) is 3.18. The molecule has 1 aliphatic heterocycles. The molecular weight excluding hydrogens is 438 g/mol. The summed E-state index contributed by atoms with van der Waals surface area (Å²) < 4.78 is 0. The van der Waals surface area contributed by atoms with Crippen molar-refractivity contribution in [3.8, 4) is 0 Å². The fraction of sp³-hybridized carbons (Fsp3) is 0.235. The molecule has 0 radical (unpaired) electrons. The molecule has 2 aromatic rings. The van der Waals surface area contributed by atoms with Crippen LogP contribution in [0.25, 0.3) is 0 Å². The molecule has 1 aliphatic rings. The largest absolute Gasteiger partial charge is 0.398 e. The third-order valence-electron chi connectivity index (χ3n) is 3.67. The molecule has 0 aliphatic carbocycles. The average molecular weight is 454 g/mol. The van der Waals surface area contributed by atoms with Gasteiger partial charge in [-0.25, -0.2) is 4.98 Å². The number of carbonyl (C=O) groups is 3. The van der Waals surface area contributed by atoms with E-state index in [1.54, 1.807) is 5.38 Å². The van der Waals surface area contributed by atoms with Crippen LogP contribution in [0.3, 0.4) is 0 Å². The molecule has 152 valence electrons. The van der Waals surface area contributed by atoms with E-state index < -0.39 is 17.9 Å². The Labute approximate surface area is 179 Å². The Morgan fingerprint density at radius 1 is 1.38 bits per heavy atom. The number of β-lactam (4-membered cyclic amide) rings is 1. The first-order valence-corrected chi connectivity index (χ1v) is 10.6. The molecule has 2 atom stereocenters. The van der Waals surface area contributed by atoms with Gasteiger partial charge in [-0.05, 0) is 12.1 Å². The molecule has 29 heavy (non-hydrogen) atoms. The number of hydrogen-bond acceptors (Lipinski definition) is 8. The van der Waals surface area contributed by atoms with Crippen LogP contribution < -0.4 is 16.0 Å². The van der Waals surface area contributed by atoms with Crippen molar-refractivity contribution in [1.82, 2.24) is 15.6 Å². The Kier molecular flexibility index (Phi) is 7.07. The van der Waals surface area contributed by atoms with E-state index in [4.69, 9.17) is 16.4 Å². The van der Waals surface area contributed by atoms with Gasteiger partial charge in [-0.3, -0.25) is 14.4 Å². The topological polar surface area (TPSA) is 122 Å². The summed E-state index contributed by atoms with van der Waals surface area (Å²) in [4.78, 5) is 45.9. The number of anilines is 1. The molecule has 3 amide bonds. The van der Waals surface area contributed by atoms with Gasteiger partial charge in [0.05, 0.1) is 0 Å². The molecule has 1 fully saturated rings. The van der Waals surface area contributed by atoms with Crippen LogP contribution in [0, 0.1) is 0 Å². The number of alkyl halides is 1. The molecule has 0 unspecified atom stereocenters. The van der Waals surface area contributed by atoms with Crippen molar-refractivity contribution in [2.24, 2.45) is 5.16 Å². The maximum absolute atomic E-state index is 12.7. The minimum atomic E-state index is -0.733. The van der Waals surface area contributed by atoms with E-state index >= 15 is 0 Å².